The fourth-order valence-electron chi connectivity index (χ4n) is 8.10. The zero-order valence-corrected chi connectivity index (χ0v) is 25.6. The molecule has 4 aliphatic rings. The summed E-state index contributed by atoms with van der Waals surface area (Å²) in [6, 6.07) is 13.1. The molecule has 3 fully saturated rings. The number of hydrogen-bond donors (Lipinski definition) is 2. The summed E-state index contributed by atoms with van der Waals surface area (Å²) in [5, 5.41) is 6.64. The van der Waals surface area contributed by atoms with Crippen LogP contribution in [0, 0.1) is 17.7 Å². The summed E-state index contributed by atoms with van der Waals surface area (Å²) in [7, 11) is 0. The monoisotopic (exact) mass is 643 g/mol. The smallest absolute Gasteiger partial charge is 0.422 e. The number of nitrogens with one attached hydrogen (secondary N) is 2. The molecular weight excluding hydrogens is 605 g/mol. The predicted octanol–water partition coefficient (Wildman–Crippen LogP) is -0.310. The highest BCUT2D eigenvalue weighted by molar-refractivity contribution is 5.82. The van der Waals surface area contributed by atoms with Crippen LogP contribution in [-0.2, 0) is 16.8 Å². The molecule has 43 heavy (non-hydrogen) atoms. The Morgan fingerprint density at radius 2 is 1.70 bits per heavy atom. The molecule has 6 rings (SSSR count). The lowest BCUT2D eigenvalue weighted by molar-refractivity contribution is -0.153. The number of rotatable bonds is 5. The van der Waals surface area contributed by atoms with E-state index in [4.69, 9.17) is 4.74 Å². The number of alkyl halides is 3. The molecule has 2 N–H and O–H groups in total. The van der Waals surface area contributed by atoms with Crippen LogP contribution in [0.4, 0.5) is 17.6 Å². The Morgan fingerprint density at radius 1 is 0.977 bits per heavy atom. The molecule has 2 aromatic carbocycles. The van der Waals surface area contributed by atoms with Crippen LogP contribution in [0.25, 0.3) is 0 Å². The molecule has 0 radical (unpaired) electrons. The maximum absolute atomic E-state index is 15.6. The third-order valence-corrected chi connectivity index (χ3v) is 10.00. The second-order valence-electron chi connectivity index (χ2n) is 12.4. The van der Waals surface area contributed by atoms with Gasteiger partial charge in [0.1, 0.15) is 11.6 Å². The number of carbonyl (C=O) groups is 1. The van der Waals surface area contributed by atoms with E-state index in [1.165, 1.54) is 37.0 Å². The van der Waals surface area contributed by atoms with Crippen molar-refractivity contribution in [2.75, 3.05) is 32.8 Å². The van der Waals surface area contributed by atoms with Gasteiger partial charge in [0.05, 0.1) is 5.92 Å². The molecule has 3 aliphatic heterocycles. The number of hydrogen-bond acceptors (Lipinski definition) is 4. The molecule has 2 aromatic rings. The van der Waals surface area contributed by atoms with Crippen LogP contribution >= 0.6 is 0 Å². The van der Waals surface area contributed by atoms with Gasteiger partial charge in [-0.05, 0) is 55.2 Å². The number of nitrogens with zero attached hydrogens (tertiary/aromatic N) is 1. The molecular formula is C32H39Cl2F4N3O2-2. The zero-order valence-electron chi connectivity index (χ0n) is 24.1. The van der Waals surface area contributed by atoms with Crippen molar-refractivity contribution in [3.8, 4) is 5.75 Å². The third kappa shape index (κ3) is 6.80. The van der Waals surface area contributed by atoms with Crippen LogP contribution in [0.15, 0.2) is 42.5 Å². The molecule has 11 heteroatoms. The molecule has 1 amide bonds. The Balaban J connectivity index is 0.00000212. The number of benzene rings is 2. The Hall–Kier alpha value is -2.07. The van der Waals surface area contributed by atoms with Gasteiger partial charge in [0.25, 0.3) is 0 Å². The van der Waals surface area contributed by atoms with Crippen molar-refractivity contribution in [3.63, 3.8) is 0 Å². The highest BCUT2D eigenvalue weighted by Crippen LogP contribution is 2.46. The molecule has 1 aliphatic carbocycles. The summed E-state index contributed by atoms with van der Waals surface area (Å²) in [5.74, 6) is -0.124. The summed E-state index contributed by atoms with van der Waals surface area (Å²) < 4.78 is 59.7. The van der Waals surface area contributed by atoms with Crippen molar-refractivity contribution in [3.05, 3.63) is 65.0 Å². The molecule has 5 nitrogen and oxygen atoms in total. The quantitative estimate of drug-likeness (QED) is 0.439. The molecule has 0 aromatic heterocycles. The van der Waals surface area contributed by atoms with Gasteiger partial charge in [-0.1, -0.05) is 49.6 Å². The van der Waals surface area contributed by atoms with E-state index in [1.807, 2.05) is 6.07 Å². The van der Waals surface area contributed by atoms with Crippen LogP contribution in [-0.4, -0.2) is 55.8 Å². The first-order chi connectivity index (χ1) is 19.8. The van der Waals surface area contributed by atoms with Gasteiger partial charge in [0.2, 0.25) is 5.91 Å². The first kappa shape index (κ1) is 33.8. The van der Waals surface area contributed by atoms with Gasteiger partial charge in [-0.15, -0.1) is 0 Å². The van der Waals surface area contributed by atoms with E-state index in [9.17, 15) is 18.0 Å². The zero-order chi connectivity index (χ0) is 28.6. The summed E-state index contributed by atoms with van der Waals surface area (Å²) in [5.41, 5.74) is 1.12. The van der Waals surface area contributed by atoms with Crippen LogP contribution in [0.1, 0.15) is 67.6 Å². The number of fused-ring (bicyclic) bond motifs is 2. The summed E-state index contributed by atoms with van der Waals surface area (Å²) >= 11 is 0. The molecule has 2 saturated heterocycles. The maximum atomic E-state index is 15.6. The van der Waals surface area contributed by atoms with Gasteiger partial charge in [0, 0.05) is 55.3 Å². The summed E-state index contributed by atoms with van der Waals surface area (Å²) in [6.07, 6.45) is 3.11. The average Bonchev–Trinajstić information content (AvgIpc) is 3.40. The van der Waals surface area contributed by atoms with Gasteiger partial charge in [-0.25, -0.2) is 4.39 Å². The fourth-order valence-corrected chi connectivity index (χ4v) is 8.10. The van der Waals surface area contributed by atoms with E-state index in [2.05, 4.69) is 39.8 Å². The molecule has 0 unspecified atom stereocenters. The van der Waals surface area contributed by atoms with Crippen molar-refractivity contribution in [1.82, 2.24) is 15.5 Å². The van der Waals surface area contributed by atoms with Crippen molar-refractivity contribution in [1.29, 1.82) is 0 Å². The van der Waals surface area contributed by atoms with Crippen molar-refractivity contribution in [2.24, 2.45) is 11.8 Å². The minimum absolute atomic E-state index is 0. The molecule has 1 spiro atoms. The highest BCUT2D eigenvalue weighted by Gasteiger charge is 2.54. The maximum Gasteiger partial charge on any atom is 0.422 e. The number of carbonyl (C=O) groups excluding carboxylic acids is 1. The topological polar surface area (TPSA) is 53.6 Å². The van der Waals surface area contributed by atoms with Crippen LogP contribution < -0.4 is 40.2 Å². The van der Waals surface area contributed by atoms with Crippen molar-refractivity contribution < 1.29 is 51.9 Å². The Kier molecular flexibility index (Phi) is 10.9. The summed E-state index contributed by atoms with van der Waals surface area (Å²) in [6.45, 7) is 0.552. The Bertz CT molecular complexity index is 1250. The second kappa shape index (κ2) is 13.9. The first-order valence-electron chi connectivity index (χ1n) is 15.0. The highest BCUT2D eigenvalue weighted by atomic mass is 35.5. The van der Waals surface area contributed by atoms with Gasteiger partial charge in [-0.3, -0.25) is 4.79 Å². The first-order valence-corrected chi connectivity index (χ1v) is 15.0. The minimum Gasteiger partial charge on any atom is -1.00 e. The lowest BCUT2D eigenvalue weighted by Crippen LogP contribution is -3.00. The van der Waals surface area contributed by atoms with E-state index < -0.39 is 29.9 Å². The molecule has 4 atom stereocenters. The van der Waals surface area contributed by atoms with Crippen LogP contribution in [0.2, 0.25) is 0 Å². The van der Waals surface area contributed by atoms with Gasteiger partial charge in [-0.2, -0.15) is 13.2 Å². The standard InChI is InChI=1S/C32H39F4N3O2.2ClH/c33-26-11-12-28(41-20-32(34,35)36)24-16-37-18-31(29(24)26)19-38-17-25(31)30(40)39-14-13-23(21-7-3-1-4-8-21)15-27(39)22-9-5-2-6-10-22;;/h1,3-4,7-8,11-12,22-23,25,27,37-38H,2,5-6,9-10,13-20H2;2*1H/p-2/t23-,25+,27+,31-;;/m1../s1. The molecule has 238 valence electrons. The summed E-state index contributed by atoms with van der Waals surface area (Å²) in [4.78, 5) is 16.7. The largest absolute Gasteiger partial charge is 1.00 e. The fraction of sp³-hybridized carbons (Fsp3) is 0.594. The number of amides is 1. The normalized spacial score (nSPS) is 27.6. The molecule has 1 saturated carbocycles. The third-order valence-electron chi connectivity index (χ3n) is 10.00. The van der Waals surface area contributed by atoms with Gasteiger partial charge >= 0.3 is 6.18 Å². The lowest BCUT2D eigenvalue weighted by atomic mass is 9.67. The average molecular weight is 645 g/mol. The van der Waals surface area contributed by atoms with Crippen molar-refractivity contribution in [2.45, 2.75) is 75.0 Å². The van der Waals surface area contributed by atoms with E-state index >= 15 is 4.39 Å². The SMILES string of the molecule is O=C([C@@H]1CNC[C@]12CNCc1c(OCC(F)(F)F)ccc(F)c12)N1CC[C@@H](c2ccccc2)C[C@H]1C1CCCCC1.[Cl-].[Cl-]. The number of likely N-dealkylation sites (tertiary alicyclic amines) is 1. The Labute approximate surface area is 263 Å². The van der Waals surface area contributed by atoms with Gasteiger partial charge < -0.3 is 45.1 Å². The van der Waals surface area contributed by atoms with E-state index in [0.717, 1.165) is 25.7 Å². The van der Waals surface area contributed by atoms with Crippen molar-refractivity contribution >= 4 is 5.91 Å². The second-order valence-corrected chi connectivity index (χ2v) is 12.4. The molecule has 0 bridgehead atoms. The number of ether oxygens (including phenoxy) is 1. The van der Waals surface area contributed by atoms with E-state index in [1.54, 1.807) is 0 Å². The Morgan fingerprint density at radius 3 is 2.42 bits per heavy atom. The lowest BCUT2D eigenvalue weighted by Gasteiger charge is -2.48. The van der Waals surface area contributed by atoms with E-state index in [0.29, 0.717) is 49.1 Å². The van der Waals surface area contributed by atoms with Crippen LogP contribution in [0.3, 0.4) is 0 Å². The molecule has 3 heterocycles. The number of halogens is 6. The van der Waals surface area contributed by atoms with Crippen LogP contribution in [0.5, 0.6) is 5.75 Å². The van der Waals surface area contributed by atoms with Gasteiger partial charge in [0.15, 0.2) is 6.61 Å². The minimum atomic E-state index is -4.51. The predicted molar refractivity (Wildman–Crippen MR) is 148 cm³/mol. The number of piperidine rings is 1. The van der Waals surface area contributed by atoms with E-state index in [-0.39, 0.29) is 49.1 Å².